The third kappa shape index (κ3) is 2.72. The first kappa shape index (κ1) is 19.0. The average molecular weight is 402 g/mol. The van der Waals surface area contributed by atoms with E-state index in [1.807, 2.05) is 4.90 Å². The van der Waals surface area contributed by atoms with Gasteiger partial charge < -0.3 is 4.90 Å². The molecule has 2 fully saturated rings. The molecule has 3 amide bonds. The minimum atomic E-state index is -0.320. The molecular formula is C25H26N2O3. The van der Waals surface area contributed by atoms with Crippen LogP contribution < -0.4 is 4.90 Å². The molecule has 2 bridgehead atoms. The lowest BCUT2D eigenvalue weighted by Gasteiger charge is -2.40. The highest BCUT2D eigenvalue weighted by atomic mass is 16.2. The SMILES string of the molecule is C[C@@H]1[C@H]2C[C@@H](CC1(C)C)N(C(=O)c1ccc(N3C(=O)c4ccccc4C3=O)cc1)C2. The van der Waals surface area contributed by atoms with Crippen molar-refractivity contribution >= 4 is 23.4 Å². The molecule has 1 saturated heterocycles. The van der Waals surface area contributed by atoms with E-state index in [-0.39, 0.29) is 23.1 Å². The van der Waals surface area contributed by atoms with E-state index in [4.69, 9.17) is 0 Å². The van der Waals surface area contributed by atoms with Crippen molar-refractivity contribution in [3.05, 3.63) is 65.2 Å². The van der Waals surface area contributed by atoms with Gasteiger partial charge in [0.15, 0.2) is 0 Å². The molecule has 0 spiro atoms. The zero-order valence-corrected chi connectivity index (χ0v) is 17.6. The van der Waals surface area contributed by atoms with Crippen molar-refractivity contribution < 1.29 is 14.4 Å². The summed E-state index contributed by atoms with van der Waals surface area (Å²) >= 11 is 0. The summed E-state index contributed by atoms with van der Waals surface area (Å²) in [7, 11) is 0. The van der Waals surface area contributed by atoms with Crippen LogP contribution in [0.3, 0.4) is 0 Å². The lowest BCUT2D eigenvalue weighted by Crippen LogP contribution is -2.39. The molecule has 2 aliphatic heterocycles. The number of benzene rings is 2. The number of hydrogen-bond donors (Lipinski definition) is 0. The molecule has 2 heterocycles. The van der Waals surface area contributed by atoms with Gasteiger partial charge in [0, 0.05) is 18.2 Å². The third-order valence-corrected chi connectivity index (χ3v) is 7.58. The van der Waals surface area contributed by atoms with Gasteiger partial charge in [-0.3, -0.25) is 14.4 Å². The number of anilines is 1. The summed E-state index contributed by atoms with van der Waals surface area (Å²) in [5.41, 5.74) is 2.19. The van der Waals surface area contributed by atoms with E-state index in [9.17, 15) is 14.4 Å². The number of amides is 3. The fourth-order valence-electron chi connectivity index (χ4n) is 5.53. The summed E-state index contributed by atoms with van der Waals surface area (Å²) in [4.78, 5) is 41.8. The van der Waals surface area contributed by atoms with E-state index >= 15 is 0 Å². The normalized spacial score (nSPS) is 26.8. The molecule has 2 aromatic rings. The third-order valence-electron chi connectivity index (χ3n) is 7.58. The lowest BCUT2D eigenvalue weighted by molar-refractivity contribution is 0.0677. The van der Waals surface area contributed by atoms with Crippen molar-refractivity contribution in [1.82, 2.24) is 4.90 Å². The summed E-state index contributed by atoms with van der Waals surface area (Å²) in [6, 6.07) is 14.0. The number of fused-ring (bicyclic) bond motifs is 3. The van der Waals surface area contributed by atoms with E-state index in [0.29, 0.717) is 40.3 Å². The number of hydrogen-bond acceptors (Lipinski definition) is 3. The first-order chi connectivity index (χ1) is 14.3. The van der Waals surface area contributed by atoms with Crippen LogP contribution in [0.15, 0.2) is 48.5 Å². The minimum absolute atomic E-state index is 0.0429. The molecule has 0 N–H and O–H groups in total. The van der Waals surface area contributed by atoms with Crippen molar-refractivity contribution in [3.63, 3.8) is 0 Å². The predicted molar refractivity (Wildman–Crippen MR) is 115 cm³/mol. The lowest BCUT2D eigenvalue weighted by atomic mass is 9.65. The van der Waals surface area contributed by atoms with Gasteiger partial charge in [-0.25, -0.2) is 4.90 Å². The quantitative estimate of drug-likeness (QED) is 0.701. The molecule has 1 aliphatic carbocycles. The highest BCUT2D eigenvalue weighted by molar-refractivity contribution is 6.34. The van der Waals surface area contributed by atoms with E-state index < -0.39 is 0 Å². The molecule has 3 aliphatic rings. The van der Waals surface area contributed by atoms with Crippen molar-refractivity contribution in [2.75, 3.05) is 11.4 Å². The summed E-state index contributed by atoms with van der Waals surface area (Å²) in [5.74, 6) is 0.558. The van der Waals surface area contributed by atoms with Crippen LogP contribution in [0.1, 0.15) is 64.7 Å². The largest absolute Gasteiger partial charge is 0.335 e. The zero-order valence-electron chi connectivity index (χ0n) is 17.6. The maximum absolute atomic E-state index is 13.2. The van der Waals surface area contributed by atoms with Crippen molar-refractivity contribution in [1.29, 1.82) is 0 Å². The Morgan fingerprint density at radius 1 is 0.967 bits per heavy atom. The van der Waals surface area contributed by atoms with E-state index in [1.54, 1.807) is 48.5 Å². The summed E-state index contributed by atoms with van der Waals surface area (Å²) in [5, 5.41) is 0. The average Bonchev–Trinajstić information content (AvgIpc) is 3.23. The Labute approximate surface area is 176 Å². The number of imide groups is 1. The molecule has 0 radical (unpaired) electrons. The van der Waals surface area contributed by atoms with Gasteiger partial charge in [-0.15, -0.1) is 0 Å². The summed E-state index contributed by atoms with van der Waals surface area (Å²) in [6.45, 7) is 7.74. The Balaban J connectivity index is 1.37. The first-order valence-corrected chi connectivity index (χ1v) is 10.7. The molecule has 0 unspecified atom stereocenters. The van der Waals surface area contributed by atoms with Gasteiger partial charge in [0.05, 0.1) is 16.8 Å². The van der Waals surface area contributed by atoms with Crippen molar-refractivity contribution in [2.24, 2.45) is 17.3 Å². The van der Waals surface area contributed by atoms with Crippen LogP contribution in [-0.2, 0) is 0 Å². The monoisotopic (exact) mass is 402 g/mol. The van der Waals surface area contributed by atoms with Crippen LogP contribution in [0, 0.1) is 17.3 Å². The maximum atomic E-state index is 13.2. The molecule has 5 rings (SSSR count). The molecule has 0 aromatic heterocycles. The summed E-state index contributed by atoms with van der Waals surface area (Å²) in [6.07, 6.45) is 2.12. The van der Waals surface area contributed by atoms with Crippen LogP contribution >= 0.6 is 0 Å². The predicted octanol–water partition coefficient (Wildman–Crippen LogP) is 4.38. The minimum Gasteiger partial charge on any atom is -0.335 e. The van der Waals surface area contributed by atoms with Gasteiger partial charge in [-0.2, -0.15) is 0 Å². The second-order valence-electron chi connectivity index (χ2n) is 9.63. The second kappa shape index (κ2) is 6.53. The number of rotatable bonds is 2. The molecule has 3 atom stereocenters. The Morgan fingerprint density at radius 2 is 1.57 bits per heavy atom. The van der Waals surface area contributed by atoms with E-state index in [2.05, 4.69) is 20.8 Å². The van der Waals surface area contributed by atoms with Gasteiger partial charge in [0.1, 0.15) is 0 Å². The van der Waals surface area contributed by atoms with E-state index in [1.165, 1.54) is 4.90 Å². The van der Waals surface area contributed by atoms with Gasteiger partial charge in [0.2, 0.25) is 0 Å². The molecule has 5 heteroatoms. The van der Waals surface area contributed by atoms with Crippen LogP contribution in [0.5, 0.6) is 0 Å². The smallest absolute Gasteiger partial charge is 0.266 e. The second-order valence-corrected chi connectivity index (χ2v) is 9.63. The van der Waals surface area contributed by atoms with Gasteiger partial charge in [0.25, 0.3) is 17.7 Å². The van der Waals surface area contributed by atoms with Crippen LogP contribution in [0.2, 0.25) is 0 Å². The maximum Gasteiger partial charge on any atom is 0.266 e. The molecule has 1 saturated carbocycles. The fraction of sp³-hybridized carbons (Fsp3) is 0.400. The molecule has 2 aromatic carbocycles. The molecular weight excluding hydrogens is 376 g/mol. The van der Waals surface area contributed by atoms with Gasteiger partial charge in [-0.1, -0.05) is 32.9 Å². The number of likely N-dealkylation sites (tertiary alicyclic amines) is 1. The van der Waals surface area contributed by atoms with Gasteiger partial charge in [-0.05, 0) is 66.5 Å². The highest BCUT2D eigenvalue weighted by Crippen LogP contribution is 2.49. The Bertz CT molecular complexity index is 1020. The Morgan fingerprint density at radius 3 is 2.17 bits per heavy atom. The molecule has 30 heavy (non-hydrogen) atoms. The van der Waals surface area contributed by atoms with Crippen LogP contribution in [-0.4, -0.2) is 35.2 Å². The highest BCUT2D eigenvalue weighted by Gasteiger charge is 2.49. The van der Waals surface area contributed by atoms with Crippen LogP contribution in [0.4, 0.5) is 5.69 Å². The van der Waals surface area contributed by atoms with E-state index in [0.717, 1.165) is 19.4 Å². The number of carbonyl (C=O) groups excluding carboxylic acids is 3. The first-order valence-electron chi connectivity index (χ1n) is 10.7. The van der Waals surface area contributed by atoms with Crippen LogP contribution in [0.25, 0.3) is 0 Å². The van der Waals surface area contributed by atoms with Crippen molar-refractivity contribution in [2.45, 2.75) is 39.7 Å². The number of nitrogens with zero attached hydrogens (tertiary/aromatic N) is 2. The summed E-state index contributed by atoms with van der Waals surface area (Å²) < 4.78 is 0. The Kier molecular flexibility index (Phi) is 4.14. The molecule has 154 valence electrons. The standard InChI is InChI=1S/C25H26N2O3/c1-15-17-12-19(13-25(15,2)3)26(14-17)22(28)16-8-10-18(11-9-16)27-23(29)20-6-4-5-7-21(20)24(27)30/h4-11,15,17,19H,12-14H2,1-3H3/t15-,17+,19+/m1/s1. The topological polar surface area (TPSA) is 57.7 Å². The zero-order chi connectivity index (χ0) is 21.2. The number of carbonyl (C=O) groups is 3. The molecule has 5 nitrogen and oxygen atoms in total. The fourth-order valence-corrected chi connectivity index (χ4v) is 5.53. The van der Waals surface area contributed by atoms with Gasteiger partial charge >= 0.3 is 0 Å². The Hall–Kier alpha value is -2.95. The van der Waals surface area contributed by atoms with Crippen molar-refractivity contribution in [3.8, 4) is 0 Å².